The highest BCUT2D eigenvalue weighted by atomic mass is 14.0. The molecule has 72 valence electrons. The molecule has 0 unspecified atom stereocenters. The largest absolute Gasteiger partial charge is 0.0654 e. The third-order valence-electron chi connectivity index (χ3n) is 2.61. The lowest BCUT2D eigenvalue weighted by molar-refractivity contribution is 0.794. The van der Waals surface area contributed by atoms with E-state index in [0.717, 1.165) is 6.42 Å². The number of rotatable bonds is 4. The molecule has 0 saturated carbocycles. The van der Waals surface area contributed by atoms with Gasteiger partial charge in [-0.25, -0.2) is 0 Å². The molecule has 0 atom stereocenters. The average Bonchev–Trinajstić information content (AvgIpc) is 2.15. The number of hydrogen-bond donors (Lipinski definition) is 0. The van der Waals surface area contributed by atoms with Crippen LogP contribution in [0.5, 0.6) is 0 Å². The summed E-state index contributed by atoms with van der Waals surface area (Å²) in [6, 6.07) is 6.90. The van der Waals surface area contributed by atoms with Gasteiger partial charge in [-0.3, -0.25) is 0 Å². The summed E-state index contributed by atoms with van der Waals surface area (Å²) < 4.78 is 0. The summed E-state index contributed by atoms with van der Waals surface area (Å²) in [4.78, 5) is 0. The molecule has 13 heavy (non-hydrogen) atoms. The quantitative estimate of drug-likeness (QED) is 0.652. The monoisotopic (exact) mass is 176 g/mol. The van der Waals surface area contributed by atoms with Crippen molar-refractivity contribution in [2.75, 3.05) is 0 Å². The van der Waals surface area contributed by atoms with Crippen molar-refractivity contribution in [2.45, 2.75) is 46.5 Å². The van der Waals surface area contributed by atoms with Gasteiger partial charge in [0, 0.05) is 0 Å². The zero-order valence-corrected chi connectivity index (χ0v) is 9.06. The maximum atomic E-state index is 2.34. The summed E-state index contributed by atoms with van der Waals surface area (Å²) in [7, 11) is 0. The first kappa shape index (κ1) is 10.3. The fraction of sp³-hybridized carbons (Fsp3) is 0.538. The third kappa shape index (κ3) is 2.87. The Labute approximate surface area is 82.0 Å². The molecule has 0 aliphatic carbocycles. The van der Waals surface area contributed by atoms with Crippen molar-refractivity contribution < 1.29 is 0 Å². The van der Waals surface area contributed by atoms with Gasteiger partial charge < -0.3 is 0 Å². The Morgan fingerprint density at radius 2 is 1.92 bits per heavy atom. The molecule has 0 heteroatoms. The maximum Gasteiger partial charge on any atom is -0.0279 e. The van der Waals surface area contributed by atoms with Gasteiger partial charge in [0.2, 0.25) is 0 Å². The molecule has 0 fully saturated rings. The smallest absolute Gasteiger partial charge is 0.0279 e. The Kier molecular flexibility index (Phi) is 4.01. The van der Waals surface area contributed by atoms with Crippen LogP contribution >= 0.6 is 0 Å². The topological polar surface area (TPSA) is 0 Å². The van der Waals surface area contributed by atoms with E-state index in [-0.39, 0.29) is 0 Å². The lowest BCUT2D eigenvalue weighted by Gasteiger charge is -2.05. The standard InChI is InChI=1S/C13H20/c1-4-6-7-12-8-9-13(5-2)11(3)10-12/h8-10H,4-7H2,1-3H3. The molecule has 0 saturated heterocycles. The fourth-order valence-electron chi connectivity index (χ4n) is 1.69. The molecule has 1 rings (SSSR count). The summed E-state index contributed by atoms with van der Waals surface area (Å²) in [6.07, 6.45) is 4.99. The Balaban J connectivity index is 2.71. The third-order valence-corrected chi connectivity index (χ3v) is 2.61. The van der Waals surface area contributed by atoms with Crippen LogP contribution in [0, 0.1) is 6.92 Å². The lowest BCUT2D eigenvalue weighted by atomic mass is 10.0. The highest BCUT2D eigenvalue weighted by Crippen LogP contribution is 2.13. The summed E-state index contributed by atoms with van der Waals surface area (Å²) in [5.74, 6) is 0. The predicted octanol–water partition coefficient (Wildman–Crippen LogP) is 3.90. The minimum Gasteiger partial charge on any atom is -0.0654 e. The minimum atomic E-state index is 1.15. The van der Waals surface area contributed by atoms with Crippen LogP contribution in [0.4, 0.5) is 0 Å². The Hall–Kier alpha value is -0.780. The molecule has 0 aromatic heterocycles. The maximum absolute atomic E-state index is 2.34. The van der Waals surface area contributed by atoms with E-state index in [4.69, 9.17) is 0 Å². The van der Waals surface area contributed by atoms with Gasteiger partial charge in [-0.1, -0.05) is 38.5 Å². The highest BCUT2D eigenvalue weighted by molar-refractivity contribution is 5.31. The molecular formula is C13H20. The first-order chi connectivity index (χ1) is 6.27. The summed E-state index contributed by atoms with van der Waals surface area (Å²) in [5.41, 5.74) is 4.44. The van der Waals surface area contributed by atoms with E-state index in [1.54, 1.807) is 0 Å². The van der Waals surface area contributed by atoms with Crippen molar-refractivity contribution in [1.82, 2.24) is 0 Å². The molecule has 0 N–H and O–H groups in total. The number of benzene rings is 1. The second-order valence-electron chi connectivity index (χ2n) is 3.72. The number of unbranched alkanes of at least 4 members (excludes halogenated alkanes) is 1. The second kappa shape index (κ2) is 5.06. The molecule has 1 aromatic rings. The van der Waals surface area contributed by atoms with Crippen LogP contribution in [0.25, 0.3) is 0 Å². The van der Waals surface area contributed by atoms with Crippen molar-refractivity contribution in [3.63, 3.8) is 0 Å². The first-order valence-corrected chi connectivity index (χ1v) is 5.36. The Morgan fingerprint density at radius 1 is 1.15 bits per heavy atom. The van der Waals surface area contributed by atoms with E-state index < -0.39 is 0 Å². The van der Waals surface area contributed by atoms with Crippen LogP contribution in [0.3, 0.4) is 0 Å². The second-order valence-corrected chi connectivity index (χ2v) is 3.72. The van der Waals surface area contributed by atoms with E-state index in [2.05, 4.69) is 39.0 Å². The van der Waals surface area contributed by atoms with Crippen LogP contribution in [0.1, 0.15) is 43.4 Å². The van der Waals surface area contributed by atoms with Crippen molar-refractivity contribution in [3.05, 3.63) is 34.9 Å². The van der Waals surface area contributed by atoms with Gasteiger partial charge >= 0.3 is 0 Å². The van der Waals surface area contributed by atoms with E-state index in [1.807, 2.05) is 0 Å². The molecule has 0 nitrogen and oxygen atoms in total. The van der Waals surface area contributed by atoms with Gasteiger partial charge in [-0.05, 0) is 42.9 Å². The number of hydrogen-bond acceptors (Lipinski definition) is 0. The zero-order valence-electron chi connectivity index (χ0n) is 9.06. The van der Waals surface area contributed by atoms with Gasteiger partial charge in [0.1, 0.15) is 0 Å². The van der Waals surface area contributed by atoms with Crippen LogP contribution < -0.4 is 0 Å². The predicted molar refractivity (Wildman–Crippen MR) is 59.2 cm³/mol. The molecule has 0 amide bonds. The van der Waals surface area contributed by atoms with Gasteiger partial charge in [0.05, 0.1) is 0 Å². The normalized spacial score (nSPS) is 10.4. The van der Waals surface area contributed by atoms with E-state index in [0.29, 0.717) is 0 Å². The molecule has 0 spiro atoms. The molecule has 1 aromatic carbocycles. The summed E-state index contributed by atoms with van der Waals surface area (Å²) in [5, 5.41) is 0. The fourth-order valence-corrected chi connectivity index (χ4v) is 1.69. The van der Waals surface area contributed by atoms with E-state index >= 15 is 0 Å². The van der Waals surface area contributed by atoms with Crippen molar-refractivity contribution in [3.8, 4) is 0 Å². The highest BCUT2D eigenvalue weighted by Gasteiger charge is 1.97. The Bertz CT molecular complexity index is 261. The van der Waals surface area contributed by atoms with Gasteiger partial charge in [0.15, 0.2) is 0 Å². The van der Waals surface area contributed by atoms with Gasteiger partial charge in [-0.2, -0.15) is 0 Å². The van der Waals surface area contributed by atoms with Crippen LogP contribution in [-0.2, 0) is 12.8 Å². The average molecular weight is 176 g/mol. The molecule has 0 bridgehead atoms. The van der Waals surface area contributed by atoms with E-state index in [1.165, 1.54) is 36.0 Å². The minimum absolute atomic E-state index is 1.15. The molecule has 0 heterocycles. The van der Waals surface area contributed by atoms with Crippen molar-refractivity contribution in [2.24, 2.45) is 0 Å². The van der Waals surface area contributed by atoms with Crippen LogP contribution in [0.2, 0.25) is 0 Å². The summed E-state index contributed by atoms with van der Waals surface area (Å²) in [6.45, 7) is 6.68. The molecule has 0 radical (unpaired) electrons. The zero-order chi connectivity index (χ0) is 9.68. The molecule has 0 aliphatic heterocycles. The number of aryl methyl sites for hydroxylation is 3. The van der Waals surface area contributed by atoms with Gasteiger partial charge in [0.25, 0.3) is 0 Å². The van der Waals surface area contributed by atoms with E-state index in [9.17, 15) is 0 Å². The molecular weight excluding hydrogens is 156 g/mol. The SMILES string of the molecule is CCCCc1ccc(CC)c(C)c1. The lowest BCUT2D eigenvalue weighted by Crippen LogP contribution is -1.90. The van der Waals surface area contributed by atoms with Crippen molar-refractivity contribution >= 4 is 0 Å². The first-order valence-electron chi connectivity index (χ1n) is 5.36. The van der Waals surface area contributed by atoms with Crippen LogP contribution in [-0.4, -0.2) is 0 Å². The Morgan fingerprint density at radius 3 is 2.46 bits per heavy atom. The van der Waals surface area contributed by atoms with Gasteiger partial charge in [-0.15, -0.1) is 0 Å². The molecule has 0 aliphatic rings. The van der Waals surface area contributed by atoms with Crippen molar-refractivity contribution in [1.29, 1.82) is 0 Å². The van der Waals surface area contributed by atoms with Crippen LogP contribution in [0.15, 0.2) is 18.2 Å². The summed E-state index contributed by atoms with van der Waals surface area (Å²) >= 11 is 0.